The molecule has 1 saturated heterocycles. The van der Waals surface area contributed by atoms with Gasteiger partial charge in [0.15, 0.2) is 0 Å². The number of allylic oxidation sites excluding steroid dienone is 3. The highest BCUT2D eigenvalue weighted by Gasteiger charge is 2.20. The molecular formula is C19H31N3O. The highest BCUT2D eigenvalue weighted by molar-refractivity contribution is 6.46. The maximum atomic E-state index is 9.45. The molecule has 2 aliphatic heterocycles. The maximum absolute atomic E-state index is 9.45. The number of aliphatic hydroxyl groups is 1. The van der Waals surface area contributed by atoms with Gasteiger partial charge in [0, 0.05) is 11.7 Å². The van der Waals surface area contributed by atoms with E-state index in [4.69, 9.17) is 9.98 Å². The number of nitrogens with zero attached hydrogens (tertiary/aromatic N) is 2. The van der Waals surface area contributed by atoms with Crippen LogP contribution in [0.1, 0.15) is 60.3 Å². The fraction of sp³-hybridized carbons (Fsp3) is 0.684. The number of hydrogen-bond donors (Lipinski definition) is 2. The van der Waals surface area contributed by atoms with Crippen molar-refractivity contribution in [3.63, 3.8) is 0 Å². The van der Waals surface area contributed by atoms with Crippen LogP contribution in [-0.4, -0.2) is 35.7 Å². The lowest BCUT2D eigenvalue weighted by Crippen LogP contribution is -2.31. The first-order valence-electron chi connectivity index (χ1n) is 8.69. The Morgan fingerprint density at radius 1 is 1.35 bits per heavy atom. The van der Waals surface area contributed by atoms with Gasteiger partial charge in [-0.3, -0.25) is 9.98 Å². The third-order valence-corrected chi connectivity index (χ3v) is 4.79. The molecule has 4 heteroatoms. The summed E-state index contributed by atoms with van der Waals surface area (Å²) < 4.78 is 0. The van der Waals surface area contributed by atoms with Crippen molar-refractivity contribution in [3.05, 3.63) is 23.0 Å². The predicted molar refractivity (Wildman–Crippen MR) is 98.1 cm³/mol. The summed E-state index contributed by atoms with van der Waals surface area (Å²) in [6.07, 6.45) is 6.50. The number of nitrogens with one attached hydrogen (secondary N) is 1. The molecule has 0 aromatic heterocycles. The minimum Gasteiger partial charge on any atom is -0.394 e. The molecule has 0 aliphatic carbocycles. The van der Waals surface area contributed by atoms with Gasteiger partial charge in [0.05, 0.1) is 30.3 Å². The molecule has 2 heterocycles. The Bertz CT molecular complexity index is 562. The normalized spacial score (nSPS) is 27.0. The van der Waals surface area contributed by atoms with Gasteiger partial charge in [0.25, 0.3) is 0 Å². The van der Waals surface area contributed by atoms with E-state index in [1.54, 1.807) is 0 Å². The smallest absolute Gasteiger partial charge is 0.0837 e. The molecule has 2 N–H and O–H groups in total. The Morgan fingerprint density at radius 2 is 2.09 bits per heavy atom. The Balaban J connectivity index is 2.20. The van der Waals surface area contributed by atoms with Gasteiger partial charge in [0.1, 0.15) is 0 Å². The summed E-state index contributed by atoms with van der Waals surface area (Å²) in [7, 11) is 0. The maximum Gasteiger partial charge on any atom is 0.0837 e. The zero-order valence-corrected chi connectivity index (χ0v) is 15.2. The Morgan fingerprint density at radius 3 is 2.70 bits per heavy atom. The molecule has 128 valence electrons. The Kier molecular flexibility index (Phi) is 5.79. The van der Waals surface area contributed by atoms with E-state index in [-0.39, 0.29) is 18.1 Å². The molecule has 23 heavy (non-hydrogen) atoms. The number of aliphatic hydroxyl groups excluding tert-OH is 1. The predicted octanol–water partition coefficient (Wildman–Crippen LogP) is 3.63. The number of rotatable bonds is 2. The molecule has 0 aromatic carbocycles. The molecule has 1 unspecified atom stereocenters. The first kappa shape index (κ1) is 17.9. The van der Waals surface area contributed by atoms with E-state index in [0.29, 0.717) is 6.54 Å². The zero-order valence-electron chi connectivity index (χ0n) is 15.2. The van der Waals surface area contributed by atoms with E-state index in [2.05, 4.69) is 39.1 Å². The zero-order chi connectivity index (χ0) is 17.0. The summed E-state index contributed by atoms with van der Waals surface area (Å²) in [5.41, 5.74) is 5.64. The van der Waals surface area contributed by atoms with Crippen LogP contribution in [0.5, 0.6) is 0 Å². The molecule has 2 aliphatic rings. The molecule has 0 aromatic rings. The van der Waals surface area contributed by atoms with Crippen molar-refractivity contribution in [2.45, 2.75) is 66.3 Å². The SMILES string of the molecule is CC1=N/C(=C2\CCCCC(CO)N2)CN=C1/C=C(\C)C(C)(C)C. The molecule has 0 saturated carbocycles. The quantitative estimate of drug-likeness (QED) is 0.817. The van der Waals surface area contributed by atoms with Gasteiger partial charge in [-0.15, -0.1) is 0 Å². The molecular weight excluding hydrogens is 286 g/mol. The highest BCUT2D eigenvalue weighted by atomic mass is 16.3. The van der Waals surface area contributed by atoms with Crippen LogP contribution < -0.4 is 5.32 Å². The van der Waals surface area contributed by atoms with Crippen molar-refractivity contribution >= 4 is 11.4 Å². The Labute approximate surface area is 140 Å². The summed E-state index contributed by atoms with van der Waals surface area (Å²) in [5, 5.41) is 12.9. The number of aliphatic imine (C=N–C) groups is 2. The Hall–Kier alpha value is -1.42. The molecule has 1 atom stereocenters. The molecule has 2 rings (SSSR count). The van der Waals surface area contributed by atoms with Crippen LogP contribution in [0.2, 0.25) is 0 Å². The van der Waals surface area contributed by atoms with Gasteiger partial charge in [-0.25, -0.2) is 0 Å². The van der Waals surface area contributed by atoms with Crippen LogP contribution >= 0.6 is 0 Å². The largest absolute Gasteiger partial charge is 0.394 e. The van der Waals surface area contributed by atoms with Gasteiger partial charge < -0.3 is 10.4 Å². The molecule has 0 amide bonds. The lowest BCUT2D eigenvalue weighted by molar-refractivity contribution is 0.244. The van der Waals surface area contributed by atoms with Crippen LogP contribution in [0.4, 0.5) is 0 Å². The van der Waals surface area contributed by atoms with Crippen LogP contribution in [0.25, 0.3) is 0 Å². The molecule has 4 nitrogen and oxygen atoms in total. The van der Waals surface area contributed by atoms with Crippen molar-refractivity contribution in [3.8, 4) is 0 Å². The standard InChI is InChI=1S/C19H31N3O/c1-13(19(3,4)5)10-17-14(2)21-18(11-20-17)16-9-7-6-8-15(12-23)22-16/h10,15,22-23H,6-9,11-12H2,1-5H3/b13-10+,18-16+. The van der Waals surface area contributed by atoms with Gasteiger partial charge in [0.2, 0.25) is 0 Å². The summed E-state index contributed by atoms with van der Waals surface area (Å²) >= 11 is 0. The van der Waals surface area contributed by atoms with Crippen LogP contribution in [-0.2, 0) is 0 Å². The second kappa shape index (κ2) is 7.43. The average molecular weight is 317 g/mol. The van der Waals surface area contributed by atoms with E-state index < -0.39 is 0 Å². The monoisotopic (exact) mass is 317 g/mol. The van der Waals surface area contributed by atoms with E-state index in [1.165, 1.54) is 11.3 Å². The highest BCUT2D eigenvalue weighted by Crippen LogP contribution is 2.25. The third kappa shape index (κ3) is 4.77. The fourth-order valence-corrected chi connectivity index (χ4v) is 2.75. The minimum absolute atomic E-state index is 0.152. The first-order valence-corrected chi connectivity index (χ1v) is 8.69. The van der Waals surface area contributed by atoms with Gasteiger partial charge in [-0.05, 0) is 44.6 Å². The van der Waals surface area contributed by atoms with E-state index >= 15 is 0 Å². The van der Waals surface area contributed by atoms with E-state index in [0.717, 1.165) is 42.8 Å². The topological polar surface area (TPSA) is 57.0 Å². The second-order valence-electron chi connectivity index (χ2n) is 7.67. The van der Waals surface area contributed by atoms with Crippen molar-refractivity contribution in [2.75, 3.05) is 13.2 Å². The molecule has 0 radical (unpaired) electrons. The summed E-state index contributed by atoms with van der Waals surface area (Å²) in [6.45, 7) is 11.6. The van der Waals surface area contributed by atoms with Crippen LogP contribution in [0.15, 0.2) is 33.0 Å². The van der Waals surface area contributed by atoms with Gasteiger partial charge in [-0.1, -0.05) is 32.8 Å². The lowest BCUT2D eigenvalue weighted by Gasteiger charge is -2.22. The summed E-state index contributed by atoms with van der Waals surface area (Å²) in [5.74, 6) is 0. The molecule has 0 spiro atoms. The van der Waals surface area contributed by atoms with Gasteiger partial charge >= 0.3 is 0 Å². The summed E-state index contributed by atoms with van der Waals surface area (Å²) in [6, 6.07) is 0.156. The van der Waals surface area contributed by atoms with Crippen molar-refractivity contribution < 1.29 is 5.11 Å². The average Bonchev–Trinajstić information content (AvgIpc) is 2.73. The van der Waals surface area contributed by atoms with Crippen LogP contribution in [0, 0.1) is 5.41 Å². The van der Waals surface area contributed by atoms with Crippen molar-refractivity contribution in [2.24, 2.45) is 15.4 Å². The minimum atomic E-state index is 0.152. The third-order valence-electron chi connectivity index (χ3n) is 4.79. The van der Waals surface area contributed by atoms with Crippen molar-refractivity contribution in [1.29, 1.82) is 0 Å². The molecule has 1 fully saturated rings. The molecule has 0 bridgehead atoms. The van der Waals surface area contributed by atoms with Crippen LogP contribution in [0.3, 0.4) is 0 Å². The fourth-order valence-electron chi connectivity index (χ4n) is 2.75. The summed E-state index contributed by atoms with van der Waals surface area (Å²) in [4.78, 5) is 9.56. The number of hydrogen-bond acceptors (Lipinski definition) is 4. The van der Waals surface area contributed by atoms with Gasteiger partial charge in [-0.2, -0.15) is 0 Å². The van der Waals surface area contributed by atoms with Crippen molar-refractivity contribution in [1.82, 2.24) is 5.32 Å². The van der Waals surface area contributed by atoms with E-state index in [1.807, 2.05) is 6.92 Å². The first-order chi connectivity index (χ1) is 10.8. The second-order valence-corrected chi connectivity index (χ2v) is 7.67. The lowest BCUT2D eigenvalue weighted by atomic mass is 9.86. The van der Waals surface area contributed by atoms with E-state index in [9.17, 15) is 5.11 Å².